The Morgan fingerprint density at radius 3 is 2.07 bits per heavy atom. The van der Waals surface area contributed by atoms with Gasteiger partial charge in [-0.25, -0.2) is 0 Å². The van der Waals surface area contributed by atoms with Crippen molar-refractivity contribution >= 4 is 5.69 Å². The first kappa shape index (κ1) is 22.7. The van der Waals surface area contributed by atoms with Gasteiger partial charge in [-0.05, 0) is 31.8 Å². The third-order valence-corrected chi connectivity index (χ3v) is 4.24. The fourth-order valence-corrected chi connectivity index (χ4v) is 2.92. The van der Waals surface area contributed by atoms with Gasteiger partial charge in [-0.3, -0.25) is 0 Å². The van der Waals surface area contributed by atoms with Crippen LogP contribution < -0.4 is 14.8 Å². The molecule has 0 unspecified atom stereocenters. The number of rotatable bonds is 11. The second kappa shape index (κ2) is 12.1. The third kappa shape index (κ3) is 7.05. The molecule has 1 aromatic rings. The van der Waals surface area contributed by atoms with Crippen LogP contribution in [0.4, 0.5) is 5.69 Å². The summed E-state index contributed by atoms with van der Waals surface area (Å²) in [5.74, 6) is 1.20. The molecule has 1 rings (SSSR count). The molecule has 0 aliphatic rings. The predicted octanol–water partition coefficient (Wildman–Crippen LogP) is 6.59. The molecule has 0 fully saturated rings. The van der Waals surface area contributed by atoms with E-state index in [-0.39, 0.29) is 5.75 Å². The molecule has 0 heterocycles. The van der Waals surface area contributed by atoms with Gasteiger partial charge >= 0.3 is 0 Å². The number of hydrogen-bond acceptors (Lipinski definition) is 4. The van der Waals surface area contributed by atoms with E-state index in [0.29, 0.717) is 17.2 Å². The lowest BCUT2D eigenvalue weighted by molar-refractivity contribution is 0.388. The van der Waals surface area contributed by atoms with Gasteiger partial charge in [-0.15, -0.1) is 0 Å². The zero-order chi connectivity index (χ0) is 20.2. The standard InChI is InChI=1S/C23H35NO3/c1-7-10-17(4)13-14-18(11-8-2)20(12-9-3)24-23-21(26-5)15-19(25)16-22(23)27-6/h12-16,24-25H,7-11H2,1-6H3/b17-13+,18-14+,20-12+. The smallest absolute Gasteiger partial charge is 0.149 e. The lowest BCUT2D eigenvalue weighted by Crippen LogP contribution is -2.06. The highest BCUT2D eigenvalue weighted by atomic mass is 16.5. The molecule has 27 heavy (non-hydrogen) atoms. The Bertz CT molecular complexity index is 662. The molecular weight excluding hydrogens is 338 g/mol. The van der Waals surface area contributed by atoms with E-state index in [4.69, 9.17) is 9.47 Å². The van der Waals surface area contributed by atoms with Crippen molar-refractivity contribution in [2.75, 3.05) is 19.5 Å². The molecule has 0 atom stereocenters. The van der Waals surface area contributed by atoms with Crippen molar-refractivity contribution < 1.29 is 14.6 Å². The maximum atomic E-state index is 9.89. The maximum absolute atomic E-state index is 9.89. The summed E-state index contributed by atoms with van der Waals surface area (Å²) in [7, 11) is 3.17. The molecular formula is C23H35NO3. The molecule has 1 aromatic carbocycles. The Hall–Kier alpha value is -2.36. The number of anilines is 1. The molecule has 150 valence electrons. The van der Waals surface area contributed by atoms with E-state index in [9.17, 15) is 5.11 Å². The van der Waals surface area contributed by atoms with Crippen molar-refractivity contribution in [3.05, 3.63) is 47.2 Å². The van der Waals surface area contributed by atoms with Crippen LogP contribution in [-0.2, 0) is 0 Å². The SMILES string of the molecule is CC\C=C(Nc1c(OC)cc(O)cc1OC)/C(=C/C=C(\C)CCC)CCC. The number of hydrogen-bond donors (Lipinski definition) is 2. The van der Waals surface area contributed by atoms with Crippen LogP contribution in [-0.4, -0.2) is 19.3 Å². The summed E-state index contributed by atoms with van der Waals surface area (Å²) in [6.07, 6.45) is 11.8. The summed E-state index contributed by atoms with van der Waals surface area (Å²) < 4.78 is 10.9. The predicted molar refractivity (Wildman–Crippen MR) is 115 cm³/mol. The molecule has 0 aliphatic heterocycles. The Morgan fingerprint density at radius 1 is 1.00 bits per heavy atom. The zero-order valence-electron chi connectivity index (χ0n) is 17.7. The van der Waals surface area contributed by atoms with E-state index in [1.165, 1.54) is 11.1 Å². The van der Waals surface area contributed by atoms with Gasteiger partial charge in [-0.1, -0.05) is 57.4 Å². The van der Waals surface area contributed by atoms with Gasteiger partial charge < -0.3 is 19.9 Å². The molecule has 0 spiro atoms. The Kier molecular flexibility index (Phi) is 10.2. The summed E-state index contributed by atoms with van der Waals surface area (Å²) in [5.41, 5.74) is 4.38. The fraction of sp³-hybridized carbons (Fsp3) is 0.478. The fourth-order valence-electron chi connectivity index (χ4n) is 2.92. The second-order valence-electron chi connectivity index (χ2n) is 6.58. The van der Waals surface area contributed by atoms with E-state index >= 15 is 0 Å². The molecule has 4 nitrogen and oxygen atoms in total. The van der Waals surface area contributed by atoms with E-state index in [1.807, 2.05) is 0 Å². The summed E-state index contributed by atoms with van der Waals surface area (Å²) in [6.45, 7) is 8.67. The van der Waals surface area contributed by atoms with Crippen LogP contribution in [0.25, 0.3) is 0 Å². The maximum Gasteiger partial charge on any atom is 0.149 e. The Balaban J connectivity index is 3.34. The number of ether oxygens (including phenoxy) is 2. The normalized spacial score (nSPS) is 12.9. The molecule has 0 amide bonds. The zero-order valence-corrected chi connectivity index (χ0v) is 17.7. The minimum Gasteiger partial charge on any atom is -0.508 e. The van der Waals surface area contributed by atoms with Crippen molar-refractivity contribution in [2.24, 2.45) is 0 Å². The van der Waals surface area contributed by atoms with Gasteiger partial charge in [-0.2, -0.15) is 0 Å². The topological polar surface area (TPSA) is 50.7 Å². The molecule has 0 bridgehead atoms. The number of methoxy groups -OCH3 is 2. The lowest BCUT2D eigenvalue weighted by atomic mass is 10.0. The molecule has 2 N–H and O–H groups in total. The molecule has 0 radical (unpaired) electrons. The monoisotopic (exact) mass is 373 g/mol. The van der Waals surface area contributed by atoms with Crippen LogP contribution in [0.5, 0.6) is 17.2 Å². The van der Waals surface area contributed by atoms with Gasteiger partial charge in [0.05, 0.1) is 14.2 Å². The van der Waals surface area contributed by atoms with Gasteiger partial charge in [0.25, 0.3) is 0 Å². The summed E-state index contributed by atoms with van der Waals surface area (Å²) in [6, 6.07) is 3.17. The van der Waals surface area contributed by atoms with Crippen molar-refractivity contribution in [2.45, 2.75) is 59.8 Å². The first-order valence-electron chi connectivity index (χ1n) is 9.79. The van der Waals surface area contributed by atoms with Crippen molar-refractivity contribution in [1.29, 1.82) is 0 Å². The van der Waals surface area contributed by atoms with Gasteiger partial charge in [0.2, 0.25) is 0 Å². The van der Waals surface area contributed by atoms with Crippen LogP contribution in [0, 0.1) is 0 Å². The van der Waals surface area contributed by atoms with Crippen molar-refractivity contribution in [3.63, 3.8) is 0 Å². The van der Waals surface area contributed by atoms with Crippen LogP contribution in [0.15, 0.2) is 47.2 Å². The molecule has 0 saturated carbocycles. The Morgan fingerprint density at radius 2 is 1.59 bits per heavy atom. The molecule has 4 heteroatoms. The quantitative estimate of drug-likeness (QED) is 0.339. The summed E-state index contributed by atoms with van der Waals surface area (Å²) >= 11 is 0. The van der Waals surface area contributed by atoms with Crippen LogP contribution in [0.1, 0.15) is 59.8 Å². The summed E-state index contributed by atoms with van der Waals surface area (Å²) in [5, 5.41) is 13.4. The summed E-state index contributed by atoms with van der Waals surface area (Å²) in [4.78, 5) is 0. The van der Waals surface area contributed by atoms with E-state index in [2.05, 4.69) is 51.2 Å². The van der Waals surface area contributed by atoms with E-state index < -0.39 is 0 Å². The highest BCUT2D eigenvalue weighted by Crippen LogP contribution is 2.40. The highest BCUT2D eigenvalue weighted by Gasteiger charge is 2.15. The van der Waals surface area contributed by atoms with Crippen molar-refractivity contribution in [1.82, 2.24) is 0 Å². The van der Waals surface area contributed by atoms with Crippen LogP contribution >= 0.6 is 0 Å². The Labute approximate surface area is 164 Å². The number of phenolic OH excluding ortho intramolecular Hbond substituents is 1. The van der Waals surface area contributed by atoms with Gasteiger partial charge in [0.15, 0.2) is 0 Å². The average molecular weight is 374 g/mol. The van der Waals surface area contributed by atoms with E-state index in [0.717, 1.165) is 37.8 Å². The third-order valence-electron chi connectivity index (χ3n) is 4.24. The number of phenols is 1. The second-order valence-corrected chi connectivity index (χ2v) is 6.58. The minimum absolute atomic E-state index is 0.109. The minimum atomic E-state index is 0.109. The average Bonchev–Trinajstić information content (AvgIpc) is 2.65. The highest BCUT2D eigenvalue weighted by molar-refractivity contribution is 5.72. The largest absolute Gasteiger partial charge is 0.508 e. The molecule has 0 saturated heterocycles. The molecule has 0 aromatic heterocycles. The molecule has 0 aliphatic carbocycles. The number of aromatic hydroxyl groups is 1. The number of nitrogens with one attached hydrogen (secondary N) is 1. The first-order chi connectivity index (χ1) is 13.0. The van der Waals surface area contributed by atoms with Gasteiger partial charge in [0.1, 0.15) is 22.9 Å². The van der Waals surface area contributed by atoms with Crippen LogP contribution in [0.3, 0.4) is 0 Å². The van der Waals surface area contributed by atoms with Crippen molar-refractivity contribution in [3.8, 4) is 17.2 Å². The first-order valence-corrected chi connectivity index (χ1v) is 9.79. The van der Waals surface area contributed by atoms with Gasteiger partial charge in [0, 0.05) is 17.8 Å². The van der Waals surface area contributed by atoms with E-state index in [1.54, 1.807) is 26.4 Å². The number of allylic oxidation sites excluding steroid dienone is 5. The number of benzene rings is 1. The van der Waals surface area contributed by atoms with Crippen LogP contribution in [0.2, 0.25) is 0 Å². The lowest BCUT2D eigenvalue weighted by Gasteiger charge is -2.19.